The molecule has 2 rings (SSSR count). The molecule has 0 bridgehead atoms. The summed E-state index contributed by atoms with van der Waals surface area (Å²) in [6, 6.07) is 13.3. The van der Waals surface area contributed by atoms with Gasteiger partial charge in [0.25, 0.3) is 5.91 Å². The monoisotopic (exact) mass is 255 g/mol. The highest BCUT2D eigenvalue weighted by atomic mass is 16.5. The van der Waals surface area contributed by atoms with Crippen molar-refractivity contribution < 1.29 is 9.53 Å². The highest BCUT2D eigenvalue weighted by Crippen LogP contribution is 2.21. The van der Waals surface area contributed by atoms with E-state index < -0.39 is 0 Å². The number of rotatable bonds is 3. The Morgan fingerprint density at radius 2 is 1.79 bits per heavy atom. The van der Waals surface area contributed by atoms with E-state index in [1.807, 2.05) is 50.2 Å². The summed E-state index contributed by atoms with van der Waals surface area (Å²) < 4.78 is 5.22. The highest BCUT2D eigenvalue weighted by molar-refractivity contribution is 6.06. The molecule has 0 aliphatic carbocycles. The Hall–Kier alpha value is -2.29. The van der Waals surface area contributed by atoms with Gasteiger partial charge < -0.3 is 10.1 Å². The van der Waals surface area contributed by atoms with E-state index in [0.717, 1.165) is 16.8 Å². The zero-order valence-electron chi connectivity index (χ0n) is 11.4. The van der Waals surface area contributed by atoms with Gasteiger partial charge in [0, 0.05) is 5.69 Å². The Morgan fingerprint density at radius 1 is 1.05 bits per heavy atom. The molecule has 0 atom stereocenters. The molecule has 0 radical (unpaired) electrons. The second-order valence-electron chi connectivity index (χ2n) is 4.53. The van der Waals surface area contributed by atoms with E-state index in [9.17, 15) is 4.79 Å². The minimum Gasteiger partial charge on any atom is -0.496 e. The molecule has 1 amide bonds. The van der Waals surface area contributed by atoms with Gasteiger partial charge >= 0.3 is 0 Å². The van der Waals surface area contributed by atoms with Crippen LogP contribution in [0.5, 0.6) is 5.75 Å². The third kappa shape index (κ3) is 3.13. The molecule has 2 aromatic carbocycles. The smallest absolute Gasteiger partial charge is 0.259 e. The Labute approximate surface area is 113 Å². The number of anilines is 1. The minimum atomic E-state index is -0.161. The summed E-state index contributed by atoms with van der Waals surface area (Å²) in [5.41, 5.74) is 3.46. The first-order valence-electron chi connectivity index (χ1n) is 6.13. The summed E-state index contributed by atoms with van der Waals surface area (Å²) in [7, 11) is 1.56. The lowest BCUT2D eigenvalue weighted by Gasteiger charge is -2.10. The summed E-state index contributed by atoms with van der Waals surface area (Å²) >= 11 is 0. The van der Waals surface area contributed by atoms with Gasteiger partial charge in [0.15, 0.2) is 0 Å². The minimum absolute atomic E-state index is 0.161. The van der Waals surface area contributed by atoms with Crippen molar-refractivity contribution in [3.05, 3.63) is 59.2 Å². The molecular formula is C16H17NO2. The third-order valence-corrected chi connectivity index (χ3v) is 2.88. The molecule has 0 fully saturated rings. The topological polar surface area (TPSA) is 38.3 Å². The summed E-state index contributed by atoms with van der Waals surface area (Å²) in [6.07, 6.45) is 0. The molecule has 2 aromatic rings. The predicted molar refractivity (Wildman–Crippen MR) is 76.9 cm³/mol. The lowest BCUT2D eigenvalue weighted by Crippen LogP contribution is -2.13. The summed E-state index contributed by atoms with van der Waals surface area (Å²) in [5, 5.41) is 2.88. The maximum atomic E-state index is 12.3. The van der Waals surface area contributed by atoms with Gasteiger partial charge in [0.2, 0.25) is 0 Å². The van der Waals surface area contributed by atoms with Crippen LogP contribution in [0.2, 0.25) is 0 Å². The first-order chi connectivity index (χ1) is 9.10. The second kappa shape index (κ2) is 5.57. The van der Waals surface area contributed by atoms with Gasteiger partial charge in [-0.05, 0) is 43.7 Å². The molecule has 0 saturated carbocycles. The third-order valence-electron chi connectivity index (χ3n) is 2.88. The van der Waals surface area contributed by atoms with E-state index in [1.54, 1.807) is 13.2 Å². The van der Waals surface area contributed by atoms with Crippen LogP contribution in [-0.2, 0) is 0 Å². The maximum Gasteiger partial charge on any atom is 0.259 e. The van der Waals surface area contributed by atoms with Gasteiger partial charge in [-0.25, -0.2) is 0 Å². The van der Waals surface area contributed by atoms with Crippen molar-refractivity contribution in [1.82, 2.24) is 0 Å². The van der Waals surface area contributed by atoms with Gasteiger partial charge in [-0.3, -0.25) is 4.79 Å². The first-order valence-corrected chi connectivity index (χ1v) is 6.13. The molecule has 3 heteroatoms. The van der Waals surface area contributed by atoms with Crippen LogP contribution in [0.25, 0.3) is 0 Å². The van der Waals surface area contributed by atoms with Crippen molar-refractivity contribution in [3.63, 3.8) is 0 Å². The zero-order chi connectivity index (χ0) is 13.8. The average molecular weight is 255 g/mol. The van der Waals surface area contributed by atoms with E-state index in [-0.39, 0.29) is 5.91 Å². The number of carbonyl (C=O) groups excluding carboxylic acids is 1. The first kappa shape index (κ1) is 13.1. The number of carbonyl (C=O) groups is 1. The van der Waals surface area contributed by atoms with Gasteiger partial charge in [-0.2, -0.15) is 0 Å². The van der Waals surface area contributed by atoms with Gasteiger partial charge in [0.1, 0.15) is 5.75 Å². The fourth-order valence-electron chi connectivity index (χ4n) is 1.92. The van der Waals surface area contributed by atoms with Gasteiger partial charge in [-0.1, -0.05) is 23.8 Å². The Kier molecular flexibility index (Phi) is 3.85. The van der Waals surface area contributed by atoms with Crippen LogP contribution in [0, 0.1) is 13.8 Å². The van der Waals surface area contributed by atoms with E-state index in [4.69, 9.17) is 4.74 Å². The number of aryl methyl sites for hydroxylation is 2. The molecule has 19 heavy (non-hydrogen) atoms. The van der Waals surface area contributed by atoms with Crippen LogP contribution in [0.1, 0.15) is 21.5 Å². The normalized spacial score (nSPS) is 10.1. The Morgan fingerprint density at radius 3 is 2.47 bits per heavy atom. The average Bonchev–Trinajstić information content (AvgIpc) is 2.38. The fraction of sp³-hybridized carbons (Fsp3) is 0.188. The molecule has 0 heterocycles. The number of nitrogens with one attached hydrogen (secondary N) is 1. The van der Waals surface area contributed by atoms with Crippen molar-refractivity contribution >= 4 is 11.6 Å². The van der Waals surface area contributed by atoms with Crippen molar-refractivity contribution in [2.24, 2.45) is 0 Å². The van der Waals surface area contributed by atoms with Crippen LogP contribution in [0.15, 0.2) is 42.5 Å². The van der Waals surface area contributed by atoms with Crippen molar-refractivity contribution in [2.45, 2.75) is 13.8 Å². The molecule has 1 N–H and O–H groups in total. The summed E-state index contributed by atoms with van der Waals surface area (Å²) in [5.74, 6) is 0.418. The van der Waals surface area contributed by atoms with Crippen molar-refractivity contribution in [1.29, 1.82) is 0 Å². The predicted octanol–water partition coefficient (Wildman–Crippen LogP) is 3.56. The number of ether oxygens (including phenoxy) is 1. The molecule has 98 valence electrons. The summed E-state index contributed by atoms with van der Waals surface area (Å²) in [4.78, 5) is 12.3. The van der Waals surface area contributed by atoms with Crippen molar-refractivity contribution in [3.8, 4) is 5.75 Å². The van der Waals surface area contributed by atoms with E-state index in [2.05, 4.69) is 5.32 Å². The summed E-state index contributed by atoms with van der Waals surface area (Å²) in [6.45, 7) is 3.94. The largest absolute Gasteiger partial charge is 0.496 e. The Bertz CT molecular complexity index is 605. The van der Waals surface area contributed by atoms with Crippen LogP contribution in [0.4, 0.5) is 5.69 Å². The molecule has 0 aromatic heterocycles. The fourth-order valence-corrected chi connectivity index (χ4v) is 1.92. The number of hydrogen-bond acceptors (Lipinski definition) is 2. The van der Waals surface area contributed by atoms with Crippen LogP contribution in [0.3, 0.4) is 0 Å². The molecule has 0 spiro atoms. The van der Waals surface area contributed by atoms with E-state index in [0.29, 0.717) is 11.3 Å². The molecular weight excluding hydrogens is 238 g/mol. The number of methoxy groups -OCH3 is 1. The SMILES string of the molecule is COc1ccc(C)cc1C(=O)Nc1cccc(C)c1. The van der Waals surface area contributed by atoms with E-state index >= 15 is 0 Å². The lowest BCUT2D eigenvalue weighted by atomic mass is 10.1. The van der Waals surface area contributed by atoms with Crippen molar-refractivity contribution in [2.75, 3.05) is 12.4 Å². The number of benzene rings is 2. The molecule has 0 aliphatic rings. The molecule has 0 aliphatic heterocycles. The van der Waals surface area contributed by atoms with E-state index in [1.165, 1.54) is 0 Å². The molecule has 3 nitrogen and oxygen atoms in total. The lowest BCUT2D eigenvalue weighted by molar-refractivity contribution is 0.102. The van der Waals surface area contributed by atoms with Crippen LogP contribution in [-0.4, -0.2) is 13.0 Å². The standard InChI is InChI=1S/C16H17NO2/c1-11-5-4-6-13(9-11)17-16(18)14-10-12(2)7-8-15(14)19-3/h4-10H,1-3H3,(H,17,18). The van der Waals surface area contributed by atoms with Crippen LogP contribution >= 0.6 is 0 Å². The Balaban J connectivity index is 2.27. The quantitative estimate of drug-likeness (QED) is 0.910. The molecule has 0 unspecified atom stereocenters. The van der Waals surface area contributed by atoms with Gasteiger partial charge in [0.05, 0.1) is 12.7 Å². The number of hydrogen-bond donors (Lipinski definition) is 1. The zero-order valence-corrected chi connectivity index (χ0v) is 11.4. The molecule has 0 saturated heterocycles. The maximum absolute atomic E-state index is 12.3. The van der Waals surface area contributed by atoms with Gasteiger partial charge in [-0.15, -0.1) is 0 Å². The van der Waals surface area contributed by atoms with Crippen LogP contribution < -0.4 is 10.1 Å². The number of amides is 1. The highest BCUT2D eigenvalue weighted by Gasteiger charge is 2.12. The second-order valence-corrected chi connectivity index (χ2v) is 4.53.